The third-order valence-electron chi connectivity index (χ3n) is 2.22. The number of unbranched alkanes of at least 4 members (excludes halogenated alkanes) is 2. The molecule has 0 aliphatic heterocycles. The lowest BCUT2D eigenvalue weighted by atomic mass is 10.2. The Morgan fingerprint density at radius 2 is 2.06 bits per heavy atom. The number of benzene rings is 1. The predicted octanol–water partition coefficient (Wildman–Crippen LogP) is 2.70. The van der Waals surface area contributed by atoms with Gasteiger partial charge in [0, 0.05) is 6.54 Å². The summed E-state index contributed by atoms with van der Waals surface area (Å²) in [5, 5.41) is 14.7. The van der Waals surface area contributed by atoms with Gasteiger partial charge in [0.05, 0.1) is 5.69 Å². The number of phenols is 1. The van der Waals surface area contributed by atoms with E-state index >= 15 is 0 Å². The van der Waals surface area contributed by atoms with Gasteiger partial charge in [-0.2, -0.15) is 0 Å². The van der Waals surface area contributed by atoms with Crippen molar-refractivity contribution in [3.05, 3.63) is 24.3 Å². The highest BCUT2D eigenvalue weighted by Gasteiger charge is 2.03. The predicted molar refractivity (Wildman–Crippen MR) is 64.7 cm³/mol. The van der Waals surface area contributed by atoms with Crippen LogP contribution in [0.5, 0.6) is 5.75 Å². The lowest BCUT2D eigenvalue weighted by Crippen LogP contribution is -2.29. The number of anilines is 1. The van der Waals surface area contributed by atoms with Gasteiger partial charge >= 0.3 is 6.03 Å². The first kappa shape index (κ1) is 12.4. The van der Waals surface area contributed by atoms with Crippen LogP contribution in [0.4, 0.5) is 10.5 Å². The number of hydrogen-bond acceptors (Lipinski definition) is 2. The van der Waals surface area contributed by atoms with Crippen LogP contribution in [0.25, 0.3) is 0 Å². The Morgan fingerprint density at radius 1 is 1.31 bits per heavy atom. The zero-order chi connectivity index (χ0) is 11.8. The monoisotopic (exact) mass is 222 g/mol. The fourth-order valence-electron chi connectivity index (χ4n) is 1.32. The van der Waals surface area contributed by atoms with E-state index in [1.54, 1.807) is 18.2 Å². The van der Waals surface area contributed by atoms with Crippen LogP contribution in [0.15, 0.2) is 24.3 Å². The maximum Gasteiger partial charge on any atom is 0.319 e. The SMILES string of the molecule is CCCCCNC(=O)Nc1ccccc1O. The van der Waals surface area contributed by atoms with Gasteiger partial charge in [0.15, 0.2) is 0 Å². The molecule has 0 spiro atoms. The van der Waals surface area contributed by atoms with Gasteiger partial charge in [0.25, 0.3) is 0 Å². The van der Waals surface area contributed by atoms with Crippen LogP contribution in [-0.4, -0.2) is 17.7 Å². The summed E-state index contributed by atoms with van der Waals surface area (Å²) in [4.78, 5) is 11.4. The standard InChI is InChI=1S/C12H18N2O2/c1-2-3-6-9-13-12(16)14-10-7-4-5-8-11(10)15/h4-5,7-8,15H,2-3,6,9H2,1H3,(H2,13,14,16). The summed E-state index contributed by atoms with van der Waals surface area (Å²) in [5.74, 6) is 0.0752. The molecule has 0 radical (unpaired) electrons. The molecule has 0 saturated heterocycles. The second-order valence-corrected chi connectivity index (χ2v) is 3.61. The van der Waals surface area contributed by atoms with Crippen molar-refractivity contribution >= 4 is 11.7 Å². The summed E-state index contributed by atoms with van der Waals surface area (Å²) in [5.41, 5.74) is 0.426. The molecule has 2 amide bonds. The molecular formula is C12H18N2O2. The van der Waals surface area contributed by atoms with Crippen LogP contribution in [0.3, 0.4) is 0 Å². The van der Waals surface area contributed by atoms with Gasteiger partial charge < -0.3 is 15.7 Å². The first-order valence-corrected chi connectivity index (χ1v) is 5.57. The zero-order valence-electron chi connectivity index (χ0n) is 9.49. The molecule has 0 aliphatic rings. The third-order valence-corrected chi connectivity index (χ3v) is 2.22. The molecule has 4 nitrogen and oxygen atoms in total. The molecule has 0 fully saturated rings. The Bertz CT molecular complexity index is 340. The number of carbonyl (C=O) groups excluding carboxylic acids is 1. The quantitative estimate of drug-likeness (QED) is 0.530. The molecule has 1 rings (SSSR count). The zero-order valence-corrected chi connectivity index (χ0v) is 9.49. The second kappa shape index (κ2) is 6.71. The summed E-state index contributed by atoms with van der Waals surface area (Å²) < 4.78 is 0. The van der Waals surface area contributed by atoms with E-state index in [4.69, 9.17) is 0 Å². The maximum atomic E-state index is 11.4. The number of phenolic OH excluding ortho intramolecular Hbond substituents is 1. The van der Waals surface area contributed by atoms with E-state index in [9.17, 15) is 9.90 Å². The van der Waals surface area contributed by atoms with E-state index in [0.717, 1.165) is 19.3 Å². The van der Waals surface area contributed by atoms with Crippen molar-refractivity contribution in [3.8, 4) is 5.75 Å². The van der Waals surface area contributed by atoms with Crippen molar-refractivity contribution in [2.24, 2.45) is 0 Å². The molecule has 0 saturated carbocycles. The molecule has 0 bridgehead atoms. The van der Waals surface area contributed by atoms with Gasteiger partial charge in [-0.3, -0.25) is 0 Å². The van der Waals surface area contributed by atoms with Crippen LogP contribution in [0.1, 0.15) is 26.2 Å². The number of urea groups is 1. The molecule has 0 heterocycles. The van der Waals surface area contributed by atoms with Crippen LogP contribution in [0.2, 0.25) is 0 Å². The number of amides is 2. The minimum atomic E-state index is -0.280. The molecule has 1 aromatic rings. The van der Waals surface area contributed by atoms with Crippen molar-refractivity contribution in [2.45, 2.75) is 26.2 Å². The molecule has 88 valence electrons. The van der Waals surface area contributed by atoms with Crippen LogP contribution < -0.4 is 10.6 Å². The minimum Gasteiger partial charge on any atom is -0.506 e. The second-order valence-electron chi connectivity index (χ2n) is 3.61. The summed E-state index contributed by atoms with van der Waals surface area (Å²) in [7, 11) is 0. The third kappa shape index (κ3) is 4.21. The lowest BCUT2D eigenvalue weighted by molar-refractivity contribution is 0.251. The number of para-hydroxylation sites is 2. The van der Waals surface area contributed by atoms with Gasteiger partial charge in [0.1, 0.15) is 5.75 Å². The van der Waals surface area contributed by atoms with E-state index < -0.39 is 0 Å². The Balaban J connectivity index is 2.32. The maximum absolute atomic E-state index is 11.4. The molecular weight excluding hydrogens is 204 g/mol. The number of aromatic hydroxyl groups is 1. The van der Waals surface area contributed by atoms with Crippen LogP contribution in [-0.2, 0) is 0 Å². The van der Waals surface area contributed by atoms with Crippen LogP contribution >= 0.6 is 0 Å². The van der Waals surface area contributed by atoms with Gasteiger partial charge in [-0.05, 0) is 18.6 Å². The molecule has 0 atom stereocenters. The first-order valence-electron chi connectivity index (χ1n) is 5.57. The van der Waals surface area contributed by atoms with E-state index in [0.29, 0.717) is 12.2 Å². The highest BCUT2D eigenvalue weighted by molar-refractivity contribution is 5.90. The Labute approximate surface area is 95.7 Å². The summed E-state index contributed by atoms with van der Waals surface area (Å²) in [6.07, 6.45) is 3.21. The highest BCUT2D eigenvalue weighted by atomic mass is 16.3. The normalized spacial score (nSPS) is 9.81. The summed E-state index contributed by atoms with van der Waals surface area (Å²) >= 11 is 0. The molecule has 0 aromatic heterocycles. The van der Waals surface area contributed by atoms with Gasteiger partial charge in [-0.15, -0.1) is 0 Å². The molecule has 0 aliphatic carbocycles. The first-order chi connectivity index (χ1) is 7.74. The smallest absolute Gasteiger partial charge is 0.319 e. The molecule has 1 aromatic carbocycles. The van der Waals surface area contributed by atoms with Gasteiger partial charge in [0.2, 0.25) is 0 Å². The van der Waals surface area contributed by atoms with Crippen molar-refractivity contribution in [1.29, 1.82) is 0 Å². The van der Waals surface area contributed by atoms with E-state index in [2.05, 4.69) is 17.6 Å². The average Bonchev–Trinajstić information content (AvgIpc) is 2.28. The largest absolute Gasteiger partial charge is 0.506 e. The van der Waals surface area contributed by atoms with Gasteiger partial charge in [-0.25, -0.2) is 4.79 Å². The van der Waals surface area contributed by atoms with Crippen molar-refractivity contribution < 1.29 is 9.90 Å². The van der Waals surface area contributed by atoms with Crippen molar-refractivity contribution in [2.75, 3.05) is 11.9 Å². The Morgan fingerprint density at radius 3 is 2.75 bits per heavy atom. The summed E-state index contributed by atoms with van der Waals surface area (Å²) in [6.45, 7) is 2.77. The molecule has 16 heavy (non-hydrogen) atoms. The lowest BCUT2D eigenvalue weighted by Gasteiger charge is -2.08. The number of hydrogen-bond donors (Lipinski definition) is 3. The Hall–Kier alpha value is -1.71. The van der Waals surface area contributed by atoms with Crippen molar-refractivity contribution in [3.63, 3.8) is 0 Å². The Kier molecular flexibility index (Phi) is 5.19. The number of nitrogens with one attached hydrogen (secondary N) is 2. The average molecular weight is 222 g/mol. The fourth-order valence-corrected chi connectivity index (χ4v) is 1.32. The van der Waals surface area contributed by atoms with E-state index in [-0.39, 0.29) is 11.8 Å². The number of rotatable bonds is 5. The van der Waals surface area contributed by atoms with Gasteiger partial charge in [-0.1, -0.05) is 31.9 Å². The highest BCUT2D eigenvalue weighted by Crippen LogP contribution is 2.20. The molecule has 4 heteroatoms. The molecule has 0 unspecified atom stereocenters. The van der Waals surface area contributed by atoms with E-state index in [1.165, 1.54) is 6.07 Å². The minimum absolute atomic E-state index is 0.0752. The topological polar surface area (TPSA) is 61.4 Å². The van der Waals surface area contributed by atoms with Crippen molar-refractivity contribution in [1.82, 2.24) is 5.32 Å². The number of carbonyl (C=O) groups is 1. The van der Waals surface area contributed by atoms with Crippen LogP contribution in [0, 0.1) is 0 Å². The summed E-state index contributed by atoms with van der Waals surface area (Å²) in [6, 6.07) is 6.37. The van der Waals surface area contributed by atoms with E-state index in [1.807, 2.05) is 0 Å². The molecule has 3 N–H and O–H groups in total. The fraction of sp³-hybridized carbons (Fsp3) is 0.417.